The van der Waals surface area contributed by atoms with Crippen molar-refractivity contribution < 1.29 is 4.52 Å². The normalized spacial score (nSPS) is 11.0. The van der Waals surface area contributed by atoms with Gasteiger partial charge in [0.25, 0.3) is 0 Å². The van der Waals surface area contributed by atoms with Crippen molar-refractivity contribution in [2.45, 2.75) is 27.3 Å². The number of nitrogens with zero attached hydrogens (tertiary/aromatic N) is 3. The van der Waals surface area contributed by atoms with Crippen molar-refractivity contribution >= 4 is 33.7 Å². The van der Waals surface area contributed by atoms with Gasteiger partial charge >= 0.3 is 0 Å². The molecule has 110 valence electrons. The molecule has 21 heavy (non-hydrogen) atoms. The fraction of sp³-hybridized carbons (Fsp3) is 0.308. The molecular formula is C13H15N5OS2. The van der Waals surface area contributed by atoms with Gasteiger partial charge in [0.2, 0.25) is 0 Å². The van der Waals surface area contributed by atoms with Crippen LogP contribution in [0.3, 0.4) is 0 Å². The first-order chi connectivity index (χ1) is 10.1. The minimum Gasteiger partial charge on any atom is -0.382 e. The Labute approximate surface area is 130 Å². The molecule has 0 aromatic carbocycles. The molecule has 0 spiro atoms. The third-order valence-corrected chi connectivity index (χ3v) is 4.79. The molecule has 0 amide bonds. The molecule has 3 rings (SSSR count). The highest BCUT2D eigenvalue weighted by Crippen LogP contribution is 2.37. The molecule has 3 heterocycles. The predicted molar refractivity (Wildman–Crippen MR) is 85.7 cm³/mol. The summed E-state index contributed by atoms with van der Waals surface area (Å²) in [5.41, 5.74) is 9.67. The van der Waals surface area contributed by atoms with Crippen LogP contribution in [-0.2, 0) is 6.54 Å². The van der Waals surface area contributed by atoms with Crippen LogP contribution in [0.2, 0.25) is 0 Å². The van der Waals surface area contributed by atoms with E-state index in [0.29, 0.717) is 12.4 Å². The average Bonchev–Trinajstić information content (AvgIpc) is 3.10. The first kappa shape index (κ1) is 14.0. The first-order valence-electron chi connectivity index (χ1n) is 6.39. The molecule has 0 bridgehead atoms. The summed E-state index contributed by atoms with van der Waals surface area (Å²) in [4.78, 5) is 4.49. The van der Waals surface area contributed by atoms with Crippen LogP contribution in [0.4, 0.5) is 10.8 Å². The zero-order valence-corrected chi connectivity index (χ0v) is 13.6. The highest BCUT2D eigenvalue weighted by molar-refractivity contribution is 7.11. The number of nitrogen functional groups attached to an aromatic ring is 1. The van der Waals surface area contributed by atoms with Gasteiger partial charge in [0.05, 0.1) is 22.0 Å². The van der Waals surface area contributed by atoms with E-state index in [0.717, 1.165) is 38.3 Å². The molecule has 0 unspecified atom stereocenters. The van der Waals surface area contributed by atoms with E-state index in [9.17, 15) is 0 Å². The smallest absolute Gasteiger partial charge is 0.148 e. The average molecular weight is 321 g/mol. The molecule has 0 radical (unpaired) electrons. The first-order valence-corrected chi connectivity index (χ1v) is 8.05. The van der Waals surface area contributed by atoms with Crippen molar-refractivity contribution in [3.05, 3.63) is 27.4 Å². The van der Waals surface area contributed by atoms with Gasteiger partial charge in [0, 0.05) is 17.5 Å². The Kier molecular flexibility index (Phi) is 3.64. The number of hydrogen-bond donors (Lipinski definition) is 2. The zero-order valence-electron chi connectivity index (χ0n) is 11.9. The fourth-order valence-electron chi connectivity index (χ4n) is 2.07. The van der Waals surface area contributed by atoms with Crippen molar-refractivity contribution in [1.29, 1.82) is 0 Å². The van der Waals surface area contributed by atoms with E-state index in [4.69, 9.17) is 10.3 Å². The van der Waals surface area contributed by atoms with Crippen LogP contribution in [0.25, 0.3) is 11.3 Å². The lowest BCUT2D eigenvalue weighted by atomic mass is 10.2. The fourth-order valence-corrected chi connectivity index (χ4v) is 3.39. The third kappa shape index (κ3) is 2.64. The number of thiazole rings is 1. The number of anilines is 2. The second-order valence-electron chi connectivity index (χ2n) is 4.68. The second kappa shape index (κ2) is 5.45. The summed E-state index contributed by atoms with van der Waals surface area (Å²) in [7, 11) is 0. The summed E-state index contributed by atoms with van der Waals surface area (Å²) in [5.74, 6) is 1.33. The van der Waals surface area contributed by atoms with Gasteiger partial charge < -0.3 is 15.6 Å². The monoisotopic (exact) mass is 321 g/mol. The number of nitrogens with two attached hydrogens (primary N) is 1. The topological polar surface area (TPSA) is 89.9 Å². The number of hydrogen-bond acceptors (Lipinski definition) is 8. The number of nitrogens with one attached hydrogen (secondary N) is 1. The lowest BCUT2D eigenvalue weighted by Crippen LogP contribution is -2.01. The predicted octanol–water partition coefficient (Wildman–Crippen LogP) is 3.37. The minimum atomic E-state index is 0.506. The molecule has 0 atom stereocenters. The lowest BCUT2D eigenvalue weighted by molar-refractivity contribution is 0.392. The van der Waals surface area contributed by atoms with Gasteiger partial charge in [-0.3, -0.25) is 0 Å². The molecule has 3 aromatic heterocycles. The summed E-state index contributed by atoms with van der Waals surface area (Å²) in [6, 6.07) is 0. The van der Waals surface area contributed by atoms with E-state index in [1.807, 2.05) is 26.2 Å². The van der Waals surface area contributed by atoms with Gasteiger partial charge in [0.1, 0.15) is 16.6 Å². The van der Waals surface area contributed by atoms with Crippen molar-refractivity contribution in [3.63, 3.8) is 0 Å². The summed E-state index contributed by atoms with van der Waals surface area (Å²) >= 11 is 2.94. The highest BCUT2D eigenvalue weighted by Gasteiger charge is 2.17. The summed E-state index contributed by atoms with van der Waals surface area (Å²) < 4.78 is 9.40. The molecule has 6 nitrogen and oxygen atoms in total. The molecule has 0 saturated carbocycles. The maximum Gasteiger partial charge on any atom is 0.148 e. The van der Waals surface area contributed by atoms with Crippen LogP contribution >= 0.6 is 22.9 Å². The summed E-state index contributed by atoms with van der Waals surface area (Å²) in [5, 5.41) is 11.2. The minimum absolute atomic E-state index is 0.506. The van der Waals surface area contributed by atoms with Crippen LogP contribution in [0.15, 0.2) is 9.90 Å². The van der Waals surface area contributed by atoms with Gasteiger partial charge in [-0.1, -0.05) is 5.16 Å². The van der Waals surface area contributed by atoms with Crippen molar-refractivity contribution in [2.75, 3.05) is 11.1 Å². The van der Waals surface area contributed by atoms with E-state index in [1.54, 1.807) is 11.3 Å². The van der Waals surface area contributed by atoms with Gasteiger partial charge in [0.15, 0.2) is 0 Å². The maximum absolute atomic E-state index is 5.98. The Morgan fingerprint density at radius 1 is 1.33 bits per heavy atom. The van der Waals surface area contributed by atoms with Crippen LogP contribution < -0.4 is 11.1 Å². The van der Waals surface area contributed by atoms with Crippen molar-refractivity contribution in [2.24, 2.45) is 0 Å². The Bertz CT molecular complexity index is 754. The molecule has 3 aromatic rings. The van der Waals surface area contributed by atoms with E-state index in [2.05, 4.69) is 19.8 Å². The van der Waals surface area contributed by atoms with E-state index >= 15 is 0 Å². The molecule has 3 N–H and O–H groups in total. The Balaban J connectivity index is 1.87. The van der Waals surface area contributed by atoms with Gasteiger partial charge in [-0.05, 0) is 32.3 Å². The Morgan fingerprint density at radius 3 is 2.76 bits per heavy atom. The standard InChI is InChI=1S/C13H15N5OS2/c1-6-9(7(2)19-17-6)4-15-13-11(12(14)18-21-13)10-5-20-8(3)16-10/h5,15H,4H2,1-3H3,(H2,14,18). The van der Waals surface area contributed by atoms with Crippen LogP contribution in [0, 0.1) is 20.8 Å². The molecule has 0 aliphatic carbocycles. The van der Waals surface area contributed by atoms with E-state index in [1.165, 1.54) is 11.5 Å². The second-order valence-corrected chi connectivity index (χ2v) is 6.52. The number of aryl methyl sites for hydroxylation is 3. The van der Waals surface area contributed by atoms with Crippen LogP contribution in [0.5, 0.6) is 0 Å². The van der Waals surface area contributed by atoms with Crippen LogP contribution in [0.1, 0.15) is 22.0 Å². The maximum atomic E-state index is 5.98. The zero-order chi connectivity index (χ0) is 15.0. The highest BCUT2D eigenvalue weighted by atomic mass is 32.1. The molecule has 0 fully saturated rings. The molecule has 0 aliphatic rings. The molecule has 0 aliphatic heterocycles. The molecular weight excluding hydrogens is 306 g/mol. The quantitative estimate of drug-likeness (QED) is 0.765. The third-order valence-electron chi connectivity index (χ3n) is 3.20. The van der Waals surface area contributed by atoms with Crippen molar-refractivity contribution in [1.82, 2.24) is 14.5 Å². The Morgan fingerprint density at radius 2 is 2.14 bits per heavy atom. The van der Waals surface area contributed by atoms with E-state index in [-0.39, 0.29) is 0 Å². The molecule has 8 heteroatoms. The van der Waals surface area contributed by atoms with Gasteiger partial charge in [-0.2, -0.15) is 4.37 Å². The van der Waals surface area contributed by atoms with Gasteiger partial charge in [-0.25, -0.2) is 4.98 Å². The Hall–Kier alpha value is -1.93. The SMILES string of the molecule is Cc1nc(-c2c(N)nsc2NCc2c(C)noc2C)cs1. The lowest BCUT2D eigenvalue weighted by Gasteiger charge is -2.05. The van der Waals surface area contributed by atoms with Crippen LogP contribution in [-0.4, -0.2) is 14.5 Å². The number of aromatic nitrogens is 3. The largest absolute Gasteiger partial charge is 0.382 e. The molecule has 0 saturated heterocycles. The number of rotatable bonds is 4. The summed E-state index contributed by atoms with van der Waals surface area (Å²) in [6.45, 7) is 6.43. The van der Waals surface area contributed by atoms with E-state index < -0.39 is 0 Å². The van der Waals surface area contributed by atoms with Crippen molar-refractivity contribution in [3.8, 4) is 11.3 Å². The van der Waals surface area contributed by atoms with Gasteiger partial charge in [-0.15, -0.1) is 11.3 Å². The summed E-state index contributed by atoms with van der Waals surface area (Å²) in [6.07, 6.45) is 0.